The predicted molar refractivity (Wildman–Crippen MR) is 137 cm³/mol. The minimum atomic E-state index is -5.13. The number of carbonyl (C=O) groups excluding carboxylic acids is 2. The molecule has 1 heterocycles. The van der Waals surface area contributed by atoms with Crippen molar-refractivity contribution in [1.82, 2.24) is 0 Å². The van der Waals surface area contributed by atoms with Crippen LogP contribution in [0.15, 0.2) is 41.3 Å². The smallest absolute Gasteiger partial charge is 0.419 e. The Balaban J connectivity index is 2.05. The third kappa shape index (κ3) is 7.43. The predicted octanol–water partition coefficient (Wildman–Crippen LogP) is 5.27. The van der Waals surface area contributed by atoms with Crippen molar-refractivity contribution in [2.24, 2.45) is 5.92 Å². The first kappa shape index (κ1) is 31.2. The number of carbonyl (C=O) groups is 2. The van der Waals surface area contributed by atoms with Crippen molar-refractivity contribution in [1.29, 1.82) is 0 Å². The molecule has 0 spiro atoms. The Labute approximate surface area is 230 Å². The second kappa shape index (κ2) is 11.6. The summed E-state index contributed by atoms with van der Waals surface area (Å²) in [5.41, 5.74) is -2.15. The molecule has 0 saturated carbocycles. The van der Waals surface area contributed by atoms with Crippen LogP contribution in [-0.2, 0) is 41.7 Å². The van der Waals surface area contributed by atoms with Gasteiger partial charge in [-0.2, -0.15) is 13.2 Å². The van der Waals surface area contributed by atoms with Gasteiger partial charge in [-0.3, -0.25) is 13.9 Å². The third-order valence-electron chi connectivity index (χ3n) is 5.86. The van der Waals surface area contributed by atoms with Crippen molar-refractivity contribution in [2.75, 3.05) is 17.5 Å². The van der Waals surface area contributed by atoms with E-state index in [-0.39, 0.29) is 43.5 Å². The maximum Gasteiger partial charge on any atom is 0.419 e. The van der Waals surface area contributed by atoms with E-state index in [0.717, 1.165) is 10.4 Å². The van der Waals surface area contributed by atoms with Crippen LogP contribution in [0.1, 0.15) is 52.2 Å². The number of sulfonamides is 1. The number of benzene rings is 2. The van der Waals surface area contributed by atoms with Gasteiger partial charge in [-0.05, 0) is 70.0 Å². The van der Waals surface area contributed by atoms with Gasteiger partial charge in [0.25, 0.3) is 10.0 Å². The van der Waals surface area contributed by atoms with E-state index in [4.69, 9.17) is 14.2 Å². The summed E-state index contributed by atoms with van der Waals surface area (Å²) in [4.78, 5) is 23.8. The Hall–Kier alpha value is -3.35. The molecule has 2 aromatic rings. The molecule has 2 aromatic carbocycles. The lowest BCUT2D eigenvalue weighted by molar-refractivity contribution is -0.154. The Morgan fingerprint density at radius 3 is 2.40 bits per heavy atom. The molecule has 13 heteroatoms. The van der Waals surface area contributed by atoms with Crippen LogP contribution >= 0.6 is 0 Å². The molecule has 0 aliphatic carbocycles. The molecule has 1 aliphatic rings. The van der Waals surface area contributed by atoms with Gasteiger partial charge in [0.1, 0.15) is 23.3 Å². The quantitative estimate of drug-likeness (QED) is 0.305. The second-order valence-corrected chi connectivity index (χ2v) is 12.2. The molecule has 0 amide bonds. The number of anilines is 1. The number of fused-ring (bicyclic) bond motifs is 1. The summed E-state index contributed by atoms with van der Waals surface area (Å²) in [7, 11) is -4.69. The van der Waals surface area contributed by atoms with Crippen LogP contribution < -0.4 is 9.04 Å². The van der Waals surface area contributed by atoms with E-state index in [1.807, 2.05) is 0 Å². The minimum absolute atomic E-state index is 0.0287. The zero-order valence-electron chi connectivity index (χ0n) is 22.7. The summed E-state index contributed by atoms with van der Waals surface area (Å²) < 4.78 is 98.7. The molecule has 0 fully saturated rings. The molecule has 0 N–H and O–H groups in total. The van der Waals surface area contributed by atoms with Gasteiger partial charge in [0.2, 0.25) is 0 Å². The number of nitrogens with zero attached hydrogens (tertiary/aromatic N) is 1. The number of alkyl halides is 3. The van der Waals surface area contributed by atoms with Crippen molar-refractivity contribution in [3.8, 4) is 5.75 Å². The molecule has 0 bridgehead atoms. The van der Waals surface area contributed by atoms with Gasteiger partial charge >= 0.3 is 18.1 Å². The minimum Gasteiger partial charge on any atom is -0.486 e. The molecule has 0 radical (unpaired) electrons. The SMILES string of the molecule is CCOC(=O)C(C)C[C@H]1CN(S(=O)(=O)c2ccc(F)c(C(F)(F)F)c2)c2cc(CC(=O)OC(C)(C)C)ccc2O1. The molecule has 1 unspecified atom stereocenters. The molecule has 3 rings (SSSR count). The molecule has 220 valence electrons. The van der Waals surface area contributed by atoms with Gasteiger partial charge < -0.3 is 14.2 Å². The summed E-state index contributed by atoms with van der Waals surface area (Å²) in [6.07, 6.45) is -6.17. The lowest BCUT2D eigenvalue weighted by atomic mass is 10.0. The second-order valence-electron chi connectivity index (χ2n) is 10.4. The highest BCUT2D eigenvalue weighted by Gasteiger charge is 2.39. The van der Waals surface area contributed by atoms with Gasteiger partial charge in [0, 0.05) is 0 Å². The standard InChI is InChI=1S/C27H31F4NO7S/c1-6-37-25(34)16(2)11-18-15-32(40(35,36)19-8-9-21(28)20(14-19)27(29,30)31)22-12-17(7-10-23(22)38-18)13-24(33)39-26(3,4)5/h7-10,12,14,16,18H,6,11,13,15H2,1-5H3/t16?,18-/m0/s1. The number of hydrogen-bond acceptors (Lipinski definition) is 7. The molecule has 0 saturated heterocycles. The van der Waals surface area contributed by atoms with Crippen molar-refractivity contribution < 1.29 is 49.8 Å². The Kier molecular flexibility index (Phi) is 9.07. The van der Waals surface area contributed by atoms with Crippen molar-refractivity contribution >= 4 is 27.6 Å². The molecular weight excluding hydrogens is 558 g/mol. The van der Waals surface area contributed by atoms with Gasteiger partial charge in [-0.1, -0.05) is 13.0 Å². The molecule has 8 nitrogen and oxygen atoms in total. The number of esters is 2. The first-order valence-corrected chi connectivity index (χ1v) is 13.9. The van der Waals surface area contributed by atoms with Crippen LogP contribution in [0.4, 0.5) is 23.2 Å². The summed E-state index contributed by atoms with van der Waals surface area (Å²) >= 11 is 0. The van der Waals surface area contributed by atoms with E-state index in [1.165, 1.54) is 18.2 Å². The largest absolute Gasteiger partial charge is 0.486 e. The van der Waals surface area contributed by atoms with Crippen LogP contribution in [0.25, 0.3) is 0 Å². The maximum absolute atomic E-state index is 13.9. The molecule has 1 aliphatic heterocycles. The summed E-state index contributed by atoms with van der Waals surface area (Å²) in [6.45, 7) is 8.06. The van der Waals surface area contributed by atoms with Gasteiger partial charge in [0.15, 0.2) is 0 Å². The van der Waals surface area contributed by atoms with Crippen molar-refractivity contribution in [3.63, 3.8) is 0 Å². The zero-order chi connectivity index (χ0) is 30.0. The van der Waals surface area contributed by atoms with Gasteiger partial charge in [-0.25, -0.2) is 12.8 Å². The van der Waals surface area contributed by atoms with E-state index < -0.39 is 62.0 Å². The average molecular weight is 590 g/mol. The Bertz CT molecular complexity index is 1370. The van der Waals surface area contributed by atoms with Crippen molar-refractivity contribution in [3.05, 3.63) is 53.3 Å². The van der Waals surface area contributed by atoms with Crippen LogP contribution in [0.3, 0.4) is 0 Å². The number of halogens is 4. The van der Waals surface area contributed by atoms with Gasteiger partial charge in [0.05, 0.1) is 41.6 Å². The Morgan fingerprint density at radius 1 is 1.12 bits per heavy atom. The Morgan fingerprint density at radius 2 is 1.80 bits per heavy atom. The first-order valence-electron chi connectivity index (χ1n) is 12.5. The normalized spacial score (nSPS) is 16.5. The average Bonchev–Trinajstić information content (AvgIpc) is 2.82. The monoisotopic (exact) mass is 589 g/mol. The highest BCUT2D eigenvalue weighted by molar-refractivity contribution is 7.92. The third-order valence-corrected chi connectivity index (χ3v) is 7.64. The highest BCUT2D eigenvalue weighted by Crippen LogP contribution is 2.40. The summed E-state index contributed by atoms with van der Waals surface area (Å²) in [5.74, 6) is -3.32. The molecule has 0 aromatic heterocycles. The first-order chi connectivity index (χ1) is 18.4. The van der Waals surface area contributed by atoms with Crippen LogP contribution in [0, 0.1) is 11.7 Å². The number of hydrogen-bond donors (Lipinski definition) is 0. The fourth-order valence-electron chi connectivity index (χ4n) is 4.15. The van der Waals surface area contributed by atoms with Crippen LogP contribution in [-0.4, -0.2) is 45.2 Å². The van der Waals surface area contributed by atoms with E-state index in [2.05, 4.69) is 0 Å². The highest BCUT2D eigenvalue weighted by atomic mass is 32.2. The van der Waals surface area contributed by atoms with Crippen molar-refractivity contribution in [2.45, 2.75) is 70.2 Å². The number of rotatable bonds is 8. The fourth-order valence-corrected chi connectivity index (χ4v) is 5.67. The van der Waals surface area contributed by atoms with Gasteiger partial charge in [-0.15, -0.1) is 0 Å². The summed E-state index contributed by atoms with van der Waals surface area (Å²) in [6, 6.07) is 5.76. The maximum atomic E-state index is 13.9. The van der Waals surface area contributed by atoms with E-state index >= 15 is 0 Å². The lowest BCUT2D eigenvalue weighted by Crippen LogP contribution is -2.44. The number of ether oxygens (including phenoxy) is 3. The van der Waals surface area contributed by atoms with Crippen LogP contribution in [0.5, 0.6) is 5.75 Å². The van der Waals surface area contributed by atoms with E-state index in [9.17, 15) is 35.6 Å². The molecular formula is C27H31F4NO7S. The molecule has 40 heavy (non-hydrogen) atoms. The summed E-state index contributed by atoms with van der Waals surface area (Å²) in [5, 5.41) is 0. The topological polar surface area (TPSA) is 99.2 Å². The van der Waals surface area contributed by atoms with E-state index in [1.54, 1.807) is 34.6 Å². The fraction of sp³-hybridized carbons (Fsp3) is 0.481. The lowest BCUT2D eigenvalue weighted by Gasteiger charge is -2.36. The molecule has 2 atom stereocenters. The van der Waals surface area contributed by atoms with E-state index in [0.29, 0.717) is 11.6 Å². The zero-order valence-corrected chi connectivity index (χ0v) is 23.5. The van der Waals surface area contributed by atoms with Crippen LogP contribution in [0.2, 0.25) is 0 Å².